The monoisotopic (exact) mass is 512 g/mol. The number of halogens is 3. The predicted octanol–water partition coefficient (Wildman–Crippen LogP) is 4.49. The van der Waals surface area contributed by atoms with Crippen molar-refractivity contribution in [2.24, 2.45) is 5.10 Å². The molecule has 3 rings (SSSR count). The van der Waals surface area contributed by atoms with Gasteiger partial charge in [-0.25, -0.2) is 4.83 Å². The molecule has 0 saturated heterocycles. The van der Waals surface area contributed by atoms with E-state index in [0.717, 1.165) is 18.2 Å². The molecule has 12 heteroatoms. The summed E-state index contributed by atoms with van der Waals surface area (Å²) in [5.41, 5.74) is -0.519. The maximum Gasteiger partial charge on any atom is 0.416 e. The second-order valence-corrected chi connectivity index (χ2v) is 10.2. The van der Waals surface area contributed by atoms with Gasteiger partial charge in [0.05, 0.1) is 16.7 Å². The molecule has 0 aliphatic heterocycles. The number of nitrogens with one attached hydrogen (secondary N) is 1. The molecule has 0 spiro atoms. The van der Waals surface area contributed by atoms with Crippen LogP contribution in [0.15, 0.2) is 81.6 Å². The molecule has 0 atom stereocenters. The van der Waals surface area contributed by atoms with Crippen LogP contribution in [0.4, 0.5) is 13.2 Å². The highest BCUT2D eigenvalue weighted by atomic mass is 32.2. The van der Waals surface area contributed by atoms with Crippen LogP contribution in [0.2, 0.25) is 0 Å². The SMILES string of the molecule is CCc1ccc(S(=O)(=O)NN=Cc2ccccc2-c2cc(C(F)(F)F)ccc2S(=O)(=O)O)cc1. The van der Waals surface area contributed by atoms with Crippen LogP contribution in [0.25, 0.3) is 11.1 Å². The first-order valence-corrected chi connectivity index (χ1v) is 12.7. The lowest BCUT2D eigenvalue weighted by Crippen LogP contribution is -2.18. The van der Waals surface area contributed by atoms with Gasteiger partial charge in [-0.15, -0.1) is 0 Å². The molecule has 0 aliphatic carbocycles. The van der Waals surface area contributed by atoms with Crippen molar-refractivity contribution >= 4 is 26.4 Å². The summed E-state index contributed by atoms with van der Waals surface area (Å²) in [5.74, 6) is 0. The Morgan fingerprint density at radius 2 is 1.59 bits per heavy atom. The average molecular weight is 513 g/mol. The summed E-state index contributed by atoms with van der Waals surface area (Å²) in [5, 5.41) is 3.68. The Hall–Kier alpha value is -3.22. The summed E-state index contributed by atoms with van der Waals surface area (Å²) in [7, 11) is -8.89. The highest BCUT2D eigenvalue weighted by Gasteiger charge is 2.32. The Morgan fingerprint density at radius 1 is 0.941 bits per heavy atom. The van der Waals surface area contributed by atoms with E-state index in [0.29, 0.717) is 18.2 Å². The van der Waals surface area contributed by atoms with Gasteiger partial charge in [-0.05, 0) is 47.9 Å². The maximum absolute atomic E-state index is 13.2. The Bertz CT molecular complexity index is 1430. The number of aryl methyl sites for hydroxylation is 1. The third-order valence-corrected chi connectivity index (χ3v) is 7.00. The number of hydrogen-bond donors (Lipinski definition) is 2. The molecule has 2 N–H and O–H groups in total. The van der Waals surface area contributed by atoms with Gasteiger partial charge in [0.2, 0.25) is 0 Å². The summed E-state index contributed by atoms with van der Waals surface area (Å²) in [6.45, 7) is 1.92. The van der Waals surface area contributed by atoms with E-state index >= 15 is 0 Å². The fourth-order valence-electron chi connectivity index (χ4n) is 3.12. The summed E-state index contributed by atoms with van der Waals surface area (Å²) >= 11 is 0. The zero-order chi connectivity index (χ0) is 25.1. The van der Waals surface area contributed by atoms with Gasteiger partial charge in [-0.1, -0.05) is 43.3 Å². The summed E-state index contributed by atoms with van der Waals surface area (Å²) in [6, 6.07) is 13.6. The molecule has 180 valence electrons. The van der Waals surface area contributed by atoms with Crippen LogP contribution >= 0.6 is 0 Å². The number of hydrogen-bond acceptors (Lipinski definition) is 5. The molecule has 0 amide bonds. The van der Waals surface area contributed by atoms with E-state index in [1.165, 1.54) is 36.4 Å². The van der Waals surface area contributed by atoms with E-state index in [2.05, 4.69) is 5.10 Å². The van der Waals surface area contributed by atoms with Gasteiger partial charge in [0.25, 0.3) is 20.1 Å². The lowest BCUT2D eigenvalue weighted by Gasteiger charge is -2.14. The zero-order valence-electron chi connectivity index (χ0n) is 17.6. The van der Waals surface area contributed by atoms with Crippen molar-refractivity contribution in [1.82, 2.24) is 4.83 Å². The Labute approximate surface area is 194 Å². The molecule has 0 aromatic heterocycles. The van der Waals surface area contributed by atoms with Crippen LogP contribution in [0.5, 0.6) is 0 Å². The van der Waals surface area contributed by atoms with Gasteiger partial charge in [0, 0.05) is 11.1 Å². The third kappa shape index (κ3) is 5.82. The van der Waals surface area contributed by atoms with Crippen molar-refractivity contribution in [3.63, 3.8) is 0 Å². The van der Waals surface area contributed by atoms with E-state index in [1.54, 1.807) is 12.1 Å². The number of rotatable bonds is 7. The number of hydrazone groups is 1. The van der Waals surface area contributed by atoms with E-state index in [-0.39, 0.29) is 16.0 Å². The average Bonchev–Trinajstić information content (AvgIpc) is 2.78. The number of benzene rings is 3. The lowest BCUT2D eigenvalue weighted by molar-refractivity contribution is -0.137. The van der Waals surface area contributed by atoms with Gasteiger partial charge in [0.1, 0.15) is 4.90 Å². The first-order chi connectivity index (χ1) is 15.8. The maximum atomic E-state index is 13.2. The van der Waals surface area contributed by atoms with E-state index in [4.69, 9.17) is 0 Å². The highest BCUT2D eigenvalue weighted by molar-refractivity contribution is 7.89. The smallest absolute Gasteiger partial charge is 0.282 e. The summed E-state index contributed by atoms with van der Waals surface area (Å²) < 4.78 is 97.8. The van der Waals surface area contributed by atoms with Gasteiger partial charge in [0.15, 0.2) is 0 Å². The van der Waals surface area contributed by atoms with Crippen molar-refractivity contribution in [3.8, 4) is 11.1 Å². The fourth-order valence-corrected chi connectivity index (χ4v) is 4.60. The molecular formula is C22H19F3N2O5S2. The van der Waals surface area contributed by atoms with Gasteiger partial charge < -0.3 is 0 Å². The molecule has 0 radical (unpaired) electrons. The first kappa shape index (κ1) is 25.4. The van der Waals surface area contributed by atoms with Crippen molar-refractivity contribution in [2.45, 2.75) is 29.3 Å². The van der Waals surface area contributed by atoms with Crippen LogP contribution in [-0.2, 0) is 32.7 Å². The van der Waals surface area contributed by atoms with E-state index < -0.39 is 42.3 Å². The van der Waals surface area contributed by atoms with Crippen molar-refractivity contribution in [2.75, 3.05) is 0 Å². The van der Waals surface area contributed by atoms with Gasteiger partial charge >= 0.3 is 6.18 Å². The Morgan fingerprint density at radius 3 is 2.18 bits per heavy atom. The largest absolute Gasteiger partial charge is 0.416 e. The fraction of sp³-hybridized carbons (Fsp3) is 0.136. The Balaban J connectivity index is 2.02. The minimum atomic E-state index is -4.87. The number of alkyl halides is 3. The van der Waals surface area contributed by atoms with Crippen LogP contribution in [0.1, 0.15) is 23.6 Å². The molecule has 7 nitrogen and oxygen atoms in total. The minimum Gasteiger partial charge on any atom is -0.282 e. The van der Waals surface area contributed by atoms with Crippen LogP contribution in [0, 0.1) is 0 Å². The second kappa shape index (κ2) is 9.57. The van der Waals surface area contributed by atoms with Crippen LogP contribution < -0.4 is 4.83 Å². The lowest BCUT2D eigenvalue weighted by atomic mass is 9.98. The minimum absolute atomic E-state index is 0.0172. The molecule has 34 heavy (non-hydrogen) atoms. The number of sulfonamides is 1. The first-order valence-electron chi connectivity index (χ1n) is 9.75. The predicted molar refractivity (Wildman–Crippen MR) is 120 cm³/mol. The van der Waals surface area contributed by atoms with Crippen molar-refractivity contribution in [1.29, 1.82) is 0 Å². The molecule has 0 saturated carbocycles. The topological polar surface area (TPSA) is 113 Å². The summed E-state index contributed by atoms with van der Waals surface area (Å²) in [6.07, 6.45) is -3.01. The quantitative estimate of drug-likeness (QED) is 0.275. The molecule has 0 bridgehead atoms. The molecule has 3 aromatic rings. The van der Waals surface area contributed by atoms with Crippen LogP contribution in [0.3, 0.4) is 0 Å². The standard InChI is InChI=1S/C22H19F3N2O5S2/c1-2-15-7-10-18(11-8-15)33(28,29)27-26-14-16-5-3-4-6-19(16)20-13-17(22(23,24)25)9-12-21(20)34(30,31)32/h3-14,27H,2H2,1H3,(H,30,31,32). The highest BCUT2D eigenvalue weighted by Crippen LogP contribution is 2.36. The number of nitrogens with zero attached hydrogens (tertiary/aromatic N) is 1. The van der Waals surface area contributed by atoms with E-state index in [9.17, 15) is 34.6 Å². The molecule has 0 fully saturated rings. The zero-order valence-corrected chi connectivity index (χ0v) is 19.2. The van der Waals surface area contributed by atoms with E-state index in [1.807, 2.05) is 11.8 Å². The molecule has 0 heterocycles. The molecule has 3 aromatic carbocycles. The van der Waals surface area contributed by atoms with Crippen molar-refractivity contribution < 1.29 is 34.6 Å². The van der Waals surface area contributed by atoms with Gasteiger partial charge in [-0.2, -0.15) is 35.1 Å². The molecule has 0 unspecified atom stereocenters. The molecular weight excluding hydrogens is 493 g/mol. The second-order valence-electron chi connectivity index (χ2n) is 7.12. The van der Waals surface area contributed by atoms with Crippen molar-refractivity contribution in [3.05, 3.63) is 83.4 Å². The molecule has 0 aliphatic rings. The Kier molecular flexibility index (Phi) is 7.15. The summed E-state index contributed by atoms with van der Waals surface area (Å²) in [4.78, 5) is 1.24. The van der Waals surface area contributed by atoms with Crippen LogP contribution in [-0.4, -0.2) is 27.6 Å². The third-order valence-electron chi connectivity index (χ3n) is 4.85. The normalized spacial score (nSPS) is 12.7. The van der Waals surface area contributed by atoms with Gasteiger partial charge in [-0.3, -0.25) is 4.55 Å².